The summed E-state index contributed by atoms with van der Waals surface area (Å²) in [4.78, 5) is 48.1. The van der Waals surface area contributed by atoms with Crippen LogP contribution in [0, 0.1) is 11.8 Å². The highest BCUT2D eigenvalue weighted by Crippen LogP contribution is 2.08. The van der Waals surface area contributed by atoms with E-state index in [0.29, 0.717) is 0 Å². The molecule has 0 spiro atoms. The predicted octanol–water partition coefficient (Wildman–Crippen LogP) is -1.52. The maximum atomic E-state index is 12.6. The third-order valence-electron chi connectivity index (χ3n) is 3.92. The molecule has 0 bridgehead atoms. The summed E-state index contributed by atoms with van der Waals surface area (Å²) in [5, 5.41) is 25.5. The van der Waals surface area contributed by atoms with Gasteiger partial charge in [-0.1, -0.05) is 27.7 Å². The quantitative estimate of drug-likeness (QED) is 0.188. The lowest BCUT2D eigenvalue weighted by atomic mass is 10.00. The Labute approximate surface area is 170 Å². The number of carboxylic acid groups (broad SMARTS) is 1. The van der Waals surface area contributed by atoms with Gasteiger partial charge >= 0.3 is 5.97 Å². The number of carbonyl (C=O) groups is 4. The Balaban J connectivity index is 5.16. The summed E-state index contributed by atoms with van der Waals surface area (Å²) in [6, 6.07) is -4.35. The van der Waals surface area contributed by atoms with Crippen LogP contribution in [0.25, 0.3) is 0 Å². The Morgan fingerprint density at radius 3 is 1.86 bits per heavy atom. The van der Waals surface area contributed by atoms with Crippen molar-refractivity contribution in [2.75, 3.05) is 12.4 Å². The van der Waals surface area contributed by atoms with E-state index in [1.54, 1.807) is 13.8 Å². The number of hydrogen-bond acceptors (Lipinski definition) is 7. The maximum absolute atomic E-state index is 12.6. The average molecular weight is 421 g/mol. The van der Waals surface area contributed by atoms with Gasteiger partial charge in [-0.15, -0.1) is 0 Å². The summed E-state index contributed by atoms with van der Waals surface area (Å²) in [5.74, 6) is -3.54. The zero-order valence-electron chi connectivity index (χ0n) is 16.6. The molecule has 0 aliphatic rings. The van der Waals surface area contributed by atoms with E-state index in [2.05, 4.69) is 28.6 Å². The zero-order chi connectivity index (χ0) is 22.0. The van der Waals surface area contributed by atoms with Gasteiger partial charge in [0.25, 0.3) is 0 Å². The Hall–Kier alpha value is -1.85. The lowest BCUT2D eigenvalue weighted by Crippen LogP contribution is -2.59. The molecular weight excluding hydrogens is 388 g/mol. The Morgan fingerprint density at radius 1 is 0.929 bits per heavy atom. The van der Waals surface area contributed by atoms with Crippen molar-refractivity contribution in [2.45, 2.75) is 58.3 Å². The van der Waals surface area contributed by atoms with Crippen LogP contribution >= 0.6 is 12.6 Å². The first kappa shape index (κ1) is 26.1. The second-order valence-electron chi connectivity index (χ2n) is 7.29. The lowest BCUT2D eigenvalue weighted by molar-refractivity contribution is -0.143. The molecule has 0 aliphatic carbocycles. The number of amides is 3. The molecule has 0 aromatic carbocycles. The van der Waals surface area contributed by atoms with Gasteiger partial charge in [0.15, 0.2) is 0 Å². The topological polar surface area (TPSA) is 171 Å². The van der Waals surface area contributed by atoms with Crippen LogP contribution < -0.4 is 21.7 Å². The second-order valence-corrected chi connectivity index (χ2v) is 7.66. The number of thiol groups is 1. The van der Waals surface area contributed by atoms with Gasteiger partial charge < -0.3 is 31.9 Å². The standard InChI is InChI=1S/C17H32N4O6S/c1-8(2)5-11(17(26)27)19-16(25)13(9(3)4)21-15(24)12(7-28)20-14(23)10(18)6-22/h8-13,22,28H,5-7,18H2,1-4H3,(H,19,25)(H,20,23)(H,21,24)(H,26,27). The third kappa shape index (κ3) is 8.89. The second kappa shape index (κ2) is 12.6. The van der Waals surface area contributed by atoms with Crippen LogP contribution in [0.15, 0.2) is 0 Å². The van der Waals surface area contributed by atoms with Gasteiger partial charge in [-0.05, 0) is 18.3 Å². The van der Waals surface area contributed by atoms with Crippen LogP contribution in [0.3, 0.4) is 0 Å². The van der Waals surface area contributed by atoms with Crippen LogP contribution in [0.1, 0.15) is 34.1 Å². The number of aliphatic hydroxyl groups is 1. The molecule has 0 heterocycles. The van der Waals surface area contributed by atoms with Gasteiger partial charge in [0.1, 0.15) is 24.2 Å². The van der Waals surface area contributed by atoms with Crippen molar-refractivity contribution in [1.29, 1.82) is 0 Å². The molecular formula is C17H32N4O6S. The van der Waals surface area contributed by atoms with Gasteiger partial charge in [0, 0.05) is 5.75 Å². The van der Waals surface area contributed by atoms with E-state index >= 15 is 0 Å². The molecule has 7 N–H and O–H groups in total. The fraction of sp³-hybridized carbons (Fsp3) is 0.765. The van der Waals surface area contributed by atoms with E-state index < -0.39 is 54.5 Å². The van der Waals surface area contributed by atoms with Crippen LogP contribution in [-0.2, 0) is 19.2 Å². The van der Waals surface area contributed by atoms with Gasteiger partial charge in [-0.25, -0.2) is 4.79 Å². The molecule has 162 valence electrons. The van der Waals surface area contributed by atoms with Crippen molar-refractivity contribution in [2.24, 2.45) is 17.6 Å². The number of rotatable bonds is 12. The van der Waals surface area contributed by atoms with Crippen LogP contribution in [0.4, 0.5) is 0 Å². The highest BCUT2D eigenvalue weighted by molar-refractivity contribution is 7.80. The first-order chi connectivity index (χ1) is 12.9. The largest absolute Gasteiger partial charge is 0.480 e. The Kier molecular flexibility index (Phi) is 11.7. The summed E-state index contributed by atoms with van der Waals surface area (Å²) in [6.45, 7) is 6.47. The summed E-state index contributed by atoms with van der Waals surface area (Å²) in [6.07, 6.45) is 0.244. The third-order valence-corrected chi connectivity index (χ3v) is 4.28. The molecule has 4 atom stereocenters. The number of aliphatic hydroxyl groups excluding tert-OH is 1. The van der Waals surface area contributed by atoms with Crippen molar-refractivity contribution in [3.63, 3.8) is 0 Å². The van der Waals surface area contributed by atoms with E-state index in [0.717, 1.165) is 0 Å². The monoisotopic (exact) mass is 420 g/mol. The molecule has 0 aromatic heterocycles. The van der Waals surface area contributed by atoms with Crippen LogP contribution in [-0.4, -0.2) is 70.4 Å². The smallest absolute Gasteiger partial charge is 0.326 e. The minimum Gasteiger partial charge on any atom is -0.480 e. The number of nitrogens with two attached hydrogens (primary N) is 1. The minimum atomic E-state index is -1.19. The van der Waals surface area contributed by atoms with Gasteiger partial charge in [-0.2, -0.15) is 12.6 Å². The van der Waals surface area contributed by atoms with E-state index in [-0.39, 0.29) is 24.0 Å². The van der Waals surface area contributed by atoms with E-state index in [4.69, 9.17) is 10.8 Å². The Morgan fingerprint density at radius 2 is 1.46 bits per heavy atom. The normalized spacial score (nSPS) is 15.5. The SMILES string of the molecule is CC(C)CC(NC(=O)C(NC(=O)C(CS)NC(=O)C(N)CO)C(C)C)C(=O)O. The van der Waals surface area contributed by atoms with Gasteiger partial charge in [-0.3, -0.25) is 14.4 Å². The van der Waals surface area contributed by atoms with Gasteiger partial charge in [0.05, 0.1) is 6.61 Å². The highest BCUT2D eigenvalue weighted by Gasteiger charge is 2.31. The summed E-state index contributed by atoms with van der Waals surface area (Å²) in [7, 11) is 0. The number of nitrogens with one attached hydrogen (secondary N) is 3. The summed E-state index contributed by atoms with van der Waals surface area (Å²) in [5.41, 5.74) is 5.40. The Bertz CT molecular complexity index is 558. The molecule has 0 aliphatic heterocycles. The lowest BCUT2D eigenvalue weighted by Gasteiger charge is -2.26. The van der Waals surface area contributed by atoms with Gasteiger partial charge in [0.2, 0.25) is 17.7 Å². The van der Waals surface area contributed by atoms with E-state index in [9.17, 15) is 24.3 Å². The number of aliphatic carboxylic acids is 1. The highest BCUT2D eigenvalue weighted by atomic mass is 32.1. The van der Waals surface area contributed by atoms with Crippen LogP contribution in [0.5, 0.6) is 0 Å². The predicted molar refractivity (Wildman–Crippen MR) is 107 cm³/mol. The molecule has 28 heavy (non-hydrogen) atoms. The van der Waals surface area contributed by atoms with E-state index in [1.807, 2.05) is 13.8 Å². The first-order valence-corrected chi connectivity index (χ1v) is 9.68. The summed E-state index contributed by atoms with van der Waals surface area (Å²) < 4.78 is 0. The number of carbonyl (C=O) groups excluding carboxylic acids is 3. The maximum Gasteiger partial charge on any atom is 0.326 e. The molecule has 3 amide bonds. The molecule has 0 saturated carbocycles. The molecule has 11 heteroatoms. The van der Waals surface area contributed by atoms with E-state index in [1.165, 1.54) is 0 Å². The molecule has 0 fully saturated rings. The zero-order valence-corrected chi connectivity index (χ0v) is 17.5. The molecule has 0 aromatic rings. The number of carboxylic acids is 1. The van der Waals surface area contributed by atoms with Crippen molar-refractivity contribution in [3.05, 3.63) is 0 Å². The average Bonchev–Trinajstić information content (AvgIpc) is 2.61. The minimum absolute atomic E-state index is 0.0491. The van der Waals surface area contributed by atoms with Crippen LogP contribution in [0.2, 0.25) is 0 Å². The molecule has 4 unspecified atom stereocenters. The van der Waals surface area contributed by atoms with Crippen molar-refractivity contribution < 1.29 is 29.4 Å². The fourth-order valence-electron chi connectivity index (χ4n) is 2.30. The fourth-order valence-corrected chi connectivity index (χ4v) is 2.56. The first-order valence-electron chi connectivity index (χ1n) is 9.05. The molecule has 10 nitrogen and oxygen atoms in total. The number of hydrogen-bond donors (Lipinski definition) is 7. The molecule has 0 radical (unpaired) electrons. The summed E-state index contributed by atoms with van der Waals surface area (Å²) >= 11 is 4.02. The molecule has 0 rings (SSSR count). The molecule has 0 saturated heterocycles. The van der Waals surface area contributed by atoms with Crippen molar-refractivity contribution in [3.8, 4) is 0 Å². The van der Waals surface area contributed by atoms with Crippen molar-refractivity contribution >= 4 is 36.3 Å². The van der Waals surface area contributed by atoms with Crippen molar-refractivity contribution in [1.82, 2.24) is 16.0 Å².